The minimum atomic E-state index is 0.135. The number of benzene rings is 1. The van der Waals surface area contributed by atoms with E-state index in [-0.39, 0.29) is 11.8 Å². The Morgan fingerprint density at radius 1 is 1.04 bits per heavy atom. The van der Waals surface area contributed by atoms with Crippen LogP contribution in [0.15, 0.2) is 36.5 Å². The van der Waals surface area contributed by atoms with E-state index >= 15 is 0 Å². The van der Waals surface area contributed by atoms with Crippen molar-refractivity contribution >= 4 is 28.8 Å². The molecular weight excluding hydrogens is 314 g/mol. The maximum absolute atomic E-state index is 12.0. The minimum absolute atomic E-state index is 0.135. The Morgan fingerprint density at radius 2 is 1.76 bits per heavy atom. The molecule has 2 fully saturated rings. The van der Waals surface area contributed by atoms with Crippen LogP contribution >= 0.6 is 0 Å². The number of rotatable bonds is 5. The summed E-state index contributed by atoms with van der Waals surface area (Å²) in [7, 11) is 0. The Labute approximate surface area is 147 Å². The standard InChI is InChI=1S/C19H23N5O/c25-19(14-4-3-5-14)22-16-8-6-15(7-9-16)21-18-12-17(13-20-23-18)24-10-1-2-11-24/h6-9,12-14H,1-5,10-11H2,(H,21,23)(H,22,25). The summed E-state index contributed by atoms with van der Waals surface area (Å²) in [6.45, 7) is 2.17. The zero-order valence-electron chi connectivity index (χ0n) is 14.2. The normalized spacial score (nSPS) is 17.2. The van der Waals surface area contributed by atoms with Crippen LogP contribution in [0.1, 0.15) is 32.1 Å². The van der Waals surface area contributed by atoms with Crippen LogP contribution in [-0.2, 0) is 4.79 Å². The van der Waals surface area contributed by atoms with E-state index in [1.165, 1.54) is 19.3 Å². The molecule has 1 aromatic carbocycles. The fraction of sp³-hybridized carbons (Fsp3) is 0.421. The molecule has 0 radical (unpaired) electrons. The van der Waals surface area contributed by atoms with Gasteiger partial charge < -0.3 is 15.5 Å². The van der Waals surface area contributed by atoms with Gasteiger partial charge in [-0.05, 0) is 49.9 Å². The van der Waals surface area contributed by atoms with Gasteiger partial charge in [0.2, 0.25) is 5.91 Å². The van der Waals surface area contributed by atoms with Crippen LogP contribution in [0.2, 0.25) is 0 Å². The number of aromatic nitrogens is 2. The summed E-state index contributed by atoms with van der Waals surface area (Å²) in [5.74, 6) is 1.06. The van der Waals surface area contributed by atoms with Crippen LogP contribution in [-0.4, -0.2) is 29.2 Å². The van der Waals surface area contributed by atoms with Crippen LogP contribution in [0.3, 0.4) is 0 Å². The summed E-state index contributed by atoms with van der Waals surface area (Å²) in [6, 6.07) is 9.75. The lowest BCUT2D eigenvalue weighted by Crippen LogP contribution is -2.27. The van der Waals surface area contributed by atoms with E-state index in [0.717, 1.165) is 48.8 Å². The molecule has 1 aliphatic heterocycles. The van der Waals surface area contributed by atoms with Gasteiger partial charge in [0, 0.05) is 36.4 Å². The lowest BCUT2D eigenvalue weighted by atomic mass is 9.85. The van der Waals surface area contributed by atoms with E-state index < -0.39 is 0 Å². The Hall–Kier alpha value is -2.63. The molecule has 25 heavy (non-hydrogen) atoms. The van der Waals surface area contributed by atoms with Crippen molar-refractivity contribution in [3.05, 3.63) is 36.5 Å². The van der Waals surface area contributed by atoms with E-state index in [9.17, 15) is 4.79 Å². The molecule has 2 aliphatic rings. The first-order chi connectivity index (χ1) is 12.3. The summed E-state index contributed by atoms with van der Waals surface area (Å²) < 4.78 is 0. The molecular formula is C19H23N5O. The van der Waals surface area contributed by atoms with Gasteiger partial charge in [-0.25, -0.2) is 0 Å². The number of hydrogen-bond acceptors (Lipinski definition) is 5. The number of nitrogens with zero attached hydrogens (tertiary/aromatic N) is 3. The van der Waals surface area contributed by atoms with Crippen molar-refractivity contribution in [2.75, 3.05) is 28.6 Å². The molecule has 1 aromatic heterocycles. The molecule has 6 nitrogen and oxygen atoms in total. The van der Waals surface area contributed by atoms with Gasteiger partial charge in [0.05, 0.1) is 11.9 Å². The third-order valence-electron chi connectivity index (χ3n) is 5.01. The molecule has 0 unspecified atom stereocenters. The molecule has 2 aromatic rings. The first kappa shape index (κ1) is 15.9. The van der Waals surface area contributed by atoms with E-state index in [1.807, 2.05) is 36.5 Å². The van der Waals surface area contributed by atoms with Crippen molar-refractivity contribution in [3.8, 4) is 0 Å². The number of anilines is 4. The predicted molar refractivity (Wildman–Crippen MR) is 99.2 cm³/mol. The average molecular weight is 337 g/mol. The lowest BCUT2D eigenvalue weighted by Gasteiger charge is -2.24. The summed E-state index contributed by atoms with van der Waals surface area (Å²) in [6.07, 6.45) is 7.47. The zero-order valence-corrected chi connectivity index (χ0v) is 14.2. The second-order valence-electron chi connectivity index (χ2n) is 6.81. The van der Waals surface area contributed by atoms with Crippen molar-refractivity contribution in [3.63, 3.8) is 0 Å². The van der Waals surface area contributed by atoms with Crippen LogP contribution in [0.4, 0.5) is 22.9 Å². The highest BCUT2D eigenvalue weighted by Gasteiger charge is 2.25. The number of carbonyl (C=O) groups excluding carboxylic acids is 1. The topological polar surface area (TPSA) is 70.2 Å². The second kappa shape index (κ2) is 7.09. The molecule has 1 amide bonds. The minimum Gasteiger partial charge on any atom is -0.370 e. The van der Waals surface area contributed by atoms with Gasteiger partial charge >= 0.3 is 0 Å². The first-order valence-corrected chi connectivity index (χ1v) is 9.03. The van der Waals surface area contributed by atoms with Crippen molar-refractivity contribution in [1.29, 1.82) is 0 Å². The third-order valence-corrected chi connectivity index (χ3v) is 5.01. The number of amides is 1. The maximum Gasteiger partial charge on any atom is 0.227 e. The van der Waals surface area contributed by atoms with E-state index in [1.54, 1.807) is 0 Å². The van der Waals surface area contributed by atoms with Crippen molar-refractivity contribution < 1.29 is 4.79 Å². The van der Waals surface area contributed by atoms with Crippen LogP contribution in [0, 0.1) is 5.92 Å². The largest absolute Gasteiger partial charge is 0.370 e. The Kier molecular flexibility index (Phi) is 4.50. The summed E-state index contributed by atoms with van der Waals surface area (Å²) in [5, 5.41) is 14.5. The molecule has 2 heterocycles. The molecule has 130 valence electrons. The highest BCUT2D eigenvalue weighted by Crippen LogP contribution is 2.28. The molecule has 4 rings (SSSR count). The van der Waals surface area contributed by atoms with Crippen LogP contribution in [0.25, 0.3) is 0 Å². The molecule has 1 aliphatic carbocycles. The fourth-order valence-corrected chi connectivity index (χ4v) is 3.27. The van der Waals surface area contributed by atoms with Gasteiger partial charge in [-0.15, -0.1) is 5.10 Å². The monoisotopic (exact) mass is 337 g/mol. The number of carbonyl (C=O) groups is 1. The van der Waals surface area contributed by atoms with Gasteiger partial charge in [-0.1, -0.05) is 6.42 Å². The van der Waals surface area contributed by atoms with E-state index in [2.05, 4.69) is 25.7 Å². The highest BCUT2D eigenvalue weighted by atomic mass is 16.1. The number of nitrogens with one attached hydrogen (secondary N) is 2. The molecule has 2 N–H and O–H groups in total. The predicted octanol–water partition coefficient (Wildman–Crippen LogP) is 3.56. The second-order valence-corrected chi connectivity index (χ2v) is 6.81. The third kappa shape index (κ3) is 3.73. The lowest BCUT2D eigenvalue weighted by molar-refractivity contribution is -0.122. The molecule has 6 heteroatoms. The average Bonchev–Trinajstić information content (AvgIpc) is 3.10. The van der Waals surface area contributed by atoms with Crippen molar-refractivity contribution in [2.24, 2.45) is 5.92 Å². The van der Waals surface area contributed by atoms with Crippen molar-refractivity contribution in [2.45, 2.75) is 32.1 Å². The SMILES string of the molecule is O=C(Nc1ccc(Nc2cc(N3CCCC3)cnn2)cc1)C1CCC1. The highest BCUT2D eigenvalue weighted by molar-refractivity contribution is 5.93. The molecule has 0 atom stereocenters. The van der Waals surface area contributed by atoms with E-state index in [0.29, 0.717) is 0 Å². The Morgan fingerprint density at radius 3 is 2.44 bits per heavy atom. The quantitative estimate of drug-likeness (QED) is 0.873. The first-order valence-electron chi connectivity index (χ1n) is 9.03. The molecule has 0 spiro atoms. The summed E-state index contributed by atoms with van der Waals surface area (Å²) in [4.78, 5) is 14.3. The van der Waals surface area contributed by atoms with Crippen LogP contribution < -0.4 is 15.5 Å². The van der Waals surface area contributed by atoms with E-state index in [4.69, 9.17) is 0 Å². The van der Waals surface area contributed by atoms with Gasteiger partial charge in [-0.3, -0.25) is 4.79 Å². The summed E-state index contributed by atoms with van der Waals surface area (Å²) in [5.41, 5.74) is 2.87. The van der Waals surface area contributed by atoms with Gasteiger partial charge in [0.1, 0.15) is 0 Å². The maximum atomic E-state index is 12.0. The Balaban J connectivity index is 1.39. The van der Waals surface area contributed by atoms with Gasteiger partial charge in [0.25, 0.3) is 0 Å². The fourth-order valence-electron chi connectivity index (χ4n) is 3.27. The van der Waals surface area contributed by atoms with Crippen molar-refractivity contribution in [1.82, 2.24) is 10.2 Å². The molecule has 0 bridgehead atoms. The molecule has 1 saturated heterocycles. The Bertz CT molecular complexity index is 736. The van der Waals surface area contributed by atoms with Crippen LogP contribution in [0.5, 0.6) is 0 Å². The summed E-state index contributed by atoms with van der Waals surface area (Å²) >= 11 is 0. The molecule has 1 saturated carbocycles. The number of hydrogen-bond donors (Lipinski definition) is 2. The van der Waals surface area contributed by atoms with Gasteiger partial charge in [-0.2, -0.15) is 5.10 Å². The van der Waals surface area contributed by atoms with Gasteiger partial charge in [0.15, 0.2) is 5.82 Å². The smallest absolute Gasteiger partial charge is 0.227 e. The zero-order chi connectivity index (χ0) is 17.1.